The number of nitrogens with one attached hydrogen (secondary N) is 1. The van der Waals surface area contributed by atoms with Crippen LogP contribution >= 0.6 is 34.2 Å². The number of methoxy groups -OCH3 is 1. The first kappa shape index (κ1) is 15.2. The molecule has 0 aliphatic carbocycles. The molecule has 0 spiro atoms. The van der Waals surface area contributed by atoms with Gasteiger partial charge in [0.15, 0.2) is 6.04 Å². The largest absolute Gasteiger partial charge is 0.467 e. The predicted molar refractivity (Wildman–Crippen MR) is 74.5 cm³/mol. The maximum Gasteiger partial charge on any atom is 0.330 e. The zero-order valence-corrected chi connectivity index (χ0v) is 12.4. The van der Waals surface area contributed by atoms with Gasteiger partial charge in [0.1, 0.15) is 0 Å². The minimum absolute atomic E-state index is 0.338. The van der Waals surface area contributed by atoms with E-state index < -0.39 is 24.5 Å². The van der Waals surface area contributed by atoms with Crippen LogP contribution in [0.15, 0.2) is 18.2 Å². The highest BCUT2D eigenvalue weighted by Gasteiger charge is 2.22. The molecule has 1 atom stereocenters. The third kappa shape index (κ3) is 3.82. The fourth-order valence-electron chi connectivity index (χ4n) is 1.23. The number of aliphatic hydroxyl groups excluding tert-OH is 1. The van der Waals surface area contributed by atoms with Crippen LogP contribution in [0, 0.1) is 3.57 Å². The molecule has 0 saturated heterocycles. The first-order valence-corrected chi connectivity index (χ1v) is 6.40. The highest BCUT2D eigenvalue weighted by atomic mass is 127. The quantitative estimate of drug-likeness (QED) is 0.605. The maximum absolute atomic E-state index is 11.9. The van der Waals surface area contributed by atoms with E-state index in [1.54, 1.807) is 12.1 Å². The lowest BCUT2D eigenvalue weighted by Crippen LogP contribution is -2.44. The van der Waals surface area contributed by atoms with Gasteiger partial charge in [0.05, 0.1) is 19.3 Å². The smallest absolute Gasteiger partial charge is 0.330 e. The van der Waals surface area contributed by atoms with Gasteiger partial charge in [-0.1, -0.05) is 11.6 Å². The maximum atomic E-state index is 11.9. The van der Waals surface area contributed by atoms with Crippen LogP contribution in [0.2, 0.25) is 5.02 Å². The van der Waals surface area contributed by atoms with Crippen LogP contribution in [0.3, 0.4) is 0 Å². The first-order chi connectivity index (χ1) is 8.49. The molecule has 1 amide bonds. The number of rotatable bonds is 4. The van der Waals surface area contributed by atoms with E-state index in [1.807, 2.05) is 22.6 Å². The molecular formula is C11H11ClINO4. The monoisotopic (exact) mass is 383 g/mol. The van der Waals surface area contributed by atoms with Gasteiger partial charge in [0.2, 0.25) is 0 Å². The van der Waals surface area contributed by atoms with E-state index in [2.05, 4.69) is 10.1 Å². The van der Waals surface area contributed by atoms with Gasteiger partial charge in [-0.05, 0) is 40.8 Å². The molecular weight excluding hydrogens is 372 g/mol. The molecule has 0 heterocycles. The van der Waals surface area contributed by atoms with Crippen LogP contribution in [0.25, 0.3) is 0 Å². The lowest BCUT2D eigenvalue weighted by Gasteiger charge is -2.14. The zero-order chi connectivity index (χ0) is 13.7. The van der Waals surface area contributed by atoms with E-state index in [9.17, 15) is 9.59 Å². The third-order valence-electron chi connectivity index (χ3n) is 2.15. The molecule has 0 radical (unpaired) electrons. The van der Waals surface area contributed by atoms with Crippen LogP contribution < -0.4 is 5.32 Å². The normalized spacial score (nSPS) is 11.8. The summed E-state index contributed by atoms with van der Waals surface area (Å²) in [5, 5.41) is 11.8. The number of carbonyl (C=O) groups excluding carboxylic acids is 2. The zero-order valence-electron chi connectivity index (χ0n) is 9.44. The van der Waals surface area contributed by atoms with Crippen LogP contribution in [0.1, 0.15) is 10.4 Å². The van der Waals surface area contributed by atoms with Crippen molar-refractivity contribution in [2.45, 2.75) is 6.04 Å². The second-order valence-corrected chi connectivity index (χ2v) is 4.95. The van der Waals surface area contributed by atoms with E-state index in [0.717, 1.165) is 0 Å². The van der Waals surface area contributed by atoms with Crippen molar-refractivity contribution in [3.63, 3.8) is 0 Å². The molecule has 0 fully saturated rings. The number of carbonyl (C=O) groups is 2. The molecule has 1 rings (SSSR count). The van der Waals surface area contributed by atoms with E-state index in [0.29, 0.717) is 14.2 Å². The van der Waals surface area contributed by atoms with Crippen LogP contribution in [0.4, 0.5) is 0 Å². The van der Waals surface area contributed by atoms with Gasteiger partial charge in [0, 0.05) is 8.59 Å². The summed E-state index contributed by atoms with van der Waals surface area (Å²) in [7, 11) is 1.18. The molecule has 98 valence electrons. The SMILES string of the molecule is COC(=O)C(CO)NC(=O)c1cc(Cl)ccc1I. The van der Waals surface area contributed by atoms with E-state index in [4.69, 9.17) is 16.7 Å². The molecule has 0 aromatic heterocycles. The predicted octanol–water partition coefficient (Wildman–Crippen LogP) is 1.21. The summed E-state index contributed by atoms with van der Waals surface area (Å²) in [6.07, 6.45) is 0. The van der Waals surface area contributed by atoms with Crippen molar-refractivity contribution >= 4 is 46.1 Å². The van der Waals surface area contributed by atoms with Crippen LogP contribution in [-0.4, -0.2) is 36.7 Å². The Morgan fingerprint density at radius 1 is 1.56 bits per heavy atom. The topological polar surface area (TPSA) is 75.6 Å². The van der Waals surface area contributed by atoms with Gasteiger partial charge >= 0.3 is 5.97 Å². The Morgan fingerprint density at radius 3 is 2.78 bits per heavy atom. The molecule has 1 unspecified atom stereocenters. The van der Waals surface area contributed by atoms with E-state index in [1.165, 1.54) is 13.2 Å². The summed E-state index contributed by atoms with van der Waals surface area (Å²) in [6, 6.07) is 3.75. The molecule has 18 heavy (non-hydrogen) atoms. The number of benzene rings is 1. The highest BCUT2D eigenvalue weighted by Crippen LogP contribution is 2.17. The van der Waals surface area contributed by atoms with Crippen molar-refractivity contribution in [1.82, 2.24) is 5.32 Å². The number of amides is 1. The highest BCUT2D eigenvalue weighted by molar-refractivity contribution is 14.1. The molecule has 0 saturated carbocycles. The molecule has 0 bridgehead atoms. The van der Waals surface area contributed by atoms with Gasteiger partial charge in [-0.25, -0.2) is 4.79 Å². The number of halogens is 2. The lowest BCUT2D eigenvalue weighted by atomic mass is 10.2. The Labute approximate surface area is 123 Å². The summed E-state index contributed by atoms with van der Waals surface area (Å²) in [4.78, 5) is 23.2. The Bertz CT molecular complexity index is 466. The van der Waals surface area contributed by atoms with Crippen molar-refractivity contribution in [2.75, 3.05) is 13.7 Å². The molecule has 1 aromatic carbocycles. The fraction of sp³-hybridized carbons (Fsp3) is 0.273. The number of aliphatic hydroxyl groups is 1. The molecule has 2 N–H and O–H groups in total. The van der Waals surface area contributed by atoms with E-state index in [-0.39, 0.29) is 0 Å². The molecule has 0 aliphatic rings. The van der Waals surface area contributed by atoms with Crippen molar-refractivity contribution < 1.29 is 19.4 Å². The summed E-state index contributed by atoms with van der Waals surface area (Å²) in [6.45, 7) is -0.532. The van der Waals surface area contributed by atoms with Crippen LogP contribution in [-0.2, 0) is 9.53 Å². The van der Waals surface area contributed by atoms with Crippen molar-refractivity contribution in [3.05, 3.63) is 32.4 Å². The number of hydrogen-bond acceptors (Lipinski definition) is 4. The van der Waals surface area contributed by atoms with Gasteiger partial charge in [0.25, 0.3) is 5.91 Å². The second kappa shape index (κ2) is 6.91. The molecule has 0 aliphatic heterocycles. The van der Waals surface area contributed by atoms with Crippen molar-refractivity contribution in [2.24, 2.45) is 0 Å². The Hall–Kier alpha value is -0.860. The minimum Gasteiger partial charge on any atom is -0.467 e. The molecule has 1 aromatic rings. The average Bonchev–Trinajstić information content (AvgIpc) is 2.37. The molecule has 7 heteroatoms. The minimum atomic E-state index is -1.09. The number of esters is 1. The van der Waals surface area contributed by atoms with Gasteiger partial charge in [-0.15, -0.1) is 0 Å². The molecule has 5 nitrogen and oxygen atoms in total. The Kier molecular flexibility index (Phi) is 5.83. The summed E-state index contributed by atoms with van der Waals surface area (Å²) in [5.41, 5.74) is 0.338. The number of hydrogen-bond donors (Lipinski definition) is 2. The summed E-state index contributed by atoms with van der Waals surface area (Å²) < 4.78 is 5.14. The van der Waals surface area contributed by atoms with Crippen LogP contribution in [0.5, 0.6) is 0 Å². The standard InChI is InChI=1S/C11H11ClINO4/c1-18-11(17)9(5-15)14-10(16)7-4-6(12)2-3-8(7)13/h2-4,9,15H,5H2,1H3,(H,14,16). The lowest BCUT2D eigenvalue weighted by molar-refractivity contribution is -0.143. The van der Waals surface area contributed by atoms with Crippen molar-refractivity contribution in [3.8, 4) is 0 Å². The van der Waals surface area contributed by atoms with E-state index >= 15 is 0 Å². The van der Waals surface area contributed by atoms with Gasteiger partial charge < -0.3 is 15.2 Å². The first-order valence-electron chi connectivity index (χ1n) is 4.94. The van der Waals surface area contributed by atoms with Gasteiger partial charge in [-0.3, -0.25) is 4.79 Å². The summed E-state index contributed by atoms with van der Waals surface area (Å²) >= 11 is 7.78. The van der Waals surface area contributed by atoms with Gasteiger partial charge in [-0.2, -0.15) is 0 Å². The number of ether oxygens (including phenoxy) is 1. The third-order valence-corrected chi connectivity index (χ3v) is 3.32. The Balaban J connectivity index is 2.87. The average molecular weight is 384 g/mol. The fourth-order valence-corrected chi connectivity index (χ4v) is 1.98. The Morgan fingerprint density at radius 2 is 2.22 bits per heavy atom. The summed E-state index contributed by atoms with van der Waals surface area (Å²) in [5.74, 6) is -1.20. The second-order valence-electron chi connectivity index (χ2n) is 3.36. The van der Waals surface area contributed by atoms with Crippen molar-refractivity contribution in [1.29, 1.82) is 0 Å².